The molecule has 35 heavy (non-hydrogen) atoms. The second kappa shape index (κ2) is 12.7. The molecule has 0 fully saturated rings. The fraction of sp³-hybridized carbons (Fsp3) is 0. The first-order valence-corrected chi connectivity index (χ1v) is 10.5. The zero-order valence-electron chi connectivity index (χ0n) is 18.5. The number of benzene rings is 3. The number of pyridine rings is 2. The first-order chi connectivity index (χ1) is 16.8. The van der Waals surface area contributed by atoms with Crippen molar-refractivity contribution in [1.29, 1.82) is 5.26 Å². The average molecular weight is 627 g/mol. The minimum Gasteiger partial charge on any atom is -0.305 e. The van der Waals surface area contributed by atoms with Crippen molar-refractivity contribution in [2.75, 3.05) is 0 Å². The van der Waals surface area contributed by atoms with E-state index < -0.39 is 0 Å². The van der Waals surface area contributed by atoms with Gasteiger partial charge >= 0.3 is 0 Å². The fourth-order valence-corrected chi connectivity index (χ4v) is 3.24. The Balaban J connectivity index is 0.000000223. The molecule has 0 amide bonds. The van der Waals surface area contributed by atoms with Gasteiger partial charge in [0.2, 0.25) is 0 Å². The van der Waals surface area contributed by atoms with Gasteiger partial charge in [-0.25, -0.2) is 5.26 Å². The molecule has 5 aromatic rings. The van der Waals surface area contributed by atoms with Gasteiger partial charge in [-0.2, -0.15) is 0 Å². The summed E-state index contributed by atoms with van der Waals surface area (Å²) >= 11 is 0. The van der Waals surface area contributed by atoms with Crippen LogP contribution in [0.4, 0.5) is 5.69 Å². The van der Waals surface area contributed by atoms with E-state index in [1.807, 2.05) is 91.0 Å². The third-order valence-corrected chi connectivity index (χ3v) is 4.97. The van der Waals surface area contributed by atoms with E-state index >= 15 is 0 Å². The SMILES string of the molecule is [C-]#[N+]c1cc(-c2ccc(-c3ccccc3)cn2)[c-]cc1C#N.[Ir].[c-]1ccccc1-c1ccccn1. The van der Waals surface area contributed by atoms with Crippen LogP contribution in [0.25, 0.3) is 38.5 Å². The van der Waals surface area contributed by atoms with Gasteiger partial charge in [0.25, 0.3) is 0 Å². The molecule has 0 saturated carbocycles. The van der Waals surface area contributed by atoms with E-state index in [2.05, 4.69) is 26.9 Å². The Labute approximate surface area is 218 Å². The number of hydrogen-bond donors (Lipinski definition) is 0. The van der Waals surface area contributed by atoms with Crippen LogP contribution in [0.5, 0.6) is 0 Å². The van der Waals surface area contributed by atoms with Crippen molar-refractivity contribution in [3.63, 3.8) is 0 Å². The molecule has 2 aromatic heterocycles. The molecule has 0 atom stereocenters. The molecule has 0 N–H and O–H groups in total. The molecular formula is C30H18IrN4-2. The molecule has 0 aliphatic rings. The van der Waals surface area contributed by atoms with Crippen LogP contribution in [0.1, 0.15) is 5.56 Å². The van der Waals surface area contributed by atoms with Gasteiger partial charge in [0, 0.05) is 38.6 Å². The molecule has 5 rings (SSSR count). The van der Waals surface area contributed by atoms with E-state index in [1.54, 1.807) is 18.5 Å². The summed E-state index contributed by atoms with van der Waals surface area (Å²) in [4.78, 5) is 12.0. The van der Waals surface area contributed by atoms with Crippen molar-refractivity contribution in [2.24, 2.45) is 0 Å². The number of nitrogens with zero attached hydrogens (tertiary/aromatic N) is 4. The number of hydrogen-bond acceptors (Lipinski definition) is 3. The largest absolute Gasteiger partial charge is 0.305 e. The van der Waals surface area contributed by atoms with Crippen LogP contribution in [0.2, 0.25) is 0 Å². The first-order valence-electron chi connectivity index (χ1n) is 10.5. The van der Waals surface area contributed by atoms with Gasteiger partial charge < -0.3 is 9.97 Å². The van der Waals surface area contributed by atoms with Crippen LogP contribution in [0, 0.1) is 30.0 Å². The predicted octanol–water partition coefficient (Wildman–Crippen LogP) is 7.18. The molecule has 0 aliphatic carbocycles. The minimum absolute atomic E-state index is 0. The predicted molar refractivity (Wildman–Crippen MR) is 133 cm³/mol. The van der Waals surface area contributed by atoms with E-state index in [1.165, 1.54) is 6.07 Å². The maximum atomic E-state index is 8.94. The van der Waals surface area contributed by atoms with Crippen molar-refractivity contribution in [1.82, 2.24) is 9.97 Å². The van der Waals surface area contributed by atoms with E-state index in [9.17, 15) is 0 Å². The Morgan fingerprint density at radius 3 is 2.17 bits per heavy atom. The molecule has 0 aliphatic heterocycles. The van der Waals surface area contributed by atoms with Gasteiger partial charge in [-0.1, -0.05) is 54.6 Å². The standard InChI is InChI=1S/C19H10N3.C11H8N.Ir/c1-21-19-11-15(7-8-16(19)12-20)18-10-9-17(13-22-18)14-5-3-2-4-6-14;1-2-6-10(7-3-1)11-8-4-5-9-12-11;/h2-6,8-11,13H;1-6,8-9H;/q2*-1;. The summed E-state index contributed by atoms with van der Waals surface area (Å²) in [6.07, 6.45) is 3.59. The van der Waals surface area contributed by atoms with Gasteiger partial charge in [-0.05, 0) is 34.1 Å². The van der Waals surface area contributed by atoms with E-state index in [0.717, 1.165) is 28.1 Å². The quantitative estimate of drug-likeness (QED) is 0.199. The maximum Gasteiger partial charge on any atom is 0.125 e. The smallest absolute Gasteiger partial charge is 0.125 e. The topological polar surface area (TPSA) is 53.9 Å². The van der Waals surface area contributed by atoms with Crippen molar-refractivity contribution in [2.45, 2.75) is 0 Å². The first kappa shape index (κ1) is 25.2. The third-order valence-electron chi connectivity index (χ3n) is 4.97. The Kier molecular flexibility index (Phi) is 9.17. The van der Waals surface area contributed by atoms with Crippen molar-refractivity contribution < 1.29 is 20.1 Å². The molecular weight excluding hydrogens is 609 g/mol. The molecule has 2 heterocycles. The van der Waals surface area contributed by atoms with Gasteiger partial charge in [0.15, 0.2) is 0 Å². The summed E-state index contributed by atoms with van der Waals surface area (Å²) in [6.45, 7) is 7.13. The van der Waals surface area contributed by atoms with Crippen LogP contribution in [-0.4, -0.2) is 9.97 Å². The summed E-state index contributed by atoms with van der Waals surface area (Å²) in [5.74, 6) is 0. The van der Waals surface area contributed by atoms with Gasteiger partial charge in [0.05, 0.1) is 6.57 Å². The van der Waals surface area contributed by atoms with E-state index in [4.69, 9.17) is 11.8 Å². The molecule has 0 bridgehead atoms. The number of aromatic nitrogens is 2. The summed E-state index contributed by atoms with van der Waals surface area (Å²) < 4.78 is 0. The Morgan fingerprint density at radius 1 is 0.771 bits per heavy atom. The van der Waals surface area contributed by atoms with Crippen LogP contribution in [0.15, 0.2) is 109 Å². The van der Waals surface area contributed by atoms with Gasteiger partial charge in [-0.15, -0.1) is 59.7 Å². The van der Waals surface area contributed by atoms with Crippen molar-refractivity contribution >= 4 is 5.69 Å². The van der Waals surface area contributed by atoms with Crippen molar-refractivity contribution in [3.05, 3.63) is 139 Å². The number of nitriles is 1. The molecule has 0 unspecified atom stereocenters. The average Bonchev–Trinajstić information content (AvgIpc) is 2.94. The van der Waals surface area contributed by atoms with Gasteiger partial charge in [-0.3, -0.25) is 4.85 Å². The second-order valence-corrected chi connectivity index (χ2v) is 7.16. The maximum absolute atomic E-state index is 8.94. The van der Waals surface area contributed by atoms with E-state index in [-0.39, 0.29) is 20.1 Å². The normalized spacial score (nSPS) is 9.43. The summed E-state index contributed by atoms with van der Waals surface area (Å²) in [6, 6.07) is 38.9. The van der Waals surface area contributed by atoms with E-state index in [0.29, 0.717) is 16.8 Å². The Bertz CT molecular complexity index is 1400. The van der Waals surface area contributed by atoms with Gasteiger partial charge in [0.1, 0.15) is 5.69 Å². The second-order valence-electron chi connectivity index (χ2n) is 7.16. The van der Waals surface area contributed by atoms with Crippen LogP contribution in [0.3, 0.4) is 0 Å². The molecule has 0 spiro atoms. The number of rotatable bonds is 3. The summed E-state index contributed by atoms with van der Waals surface area (Å²) in [5, 5.41) is 8.94. The van der Waals surface area contributed by atoms with Crippen LogP contribution < -0.4 is 0 Å². The van der Waals surface area contributed by atoms with Crippen LogP contribution in [-0.2, 0) is 20.1 Å². The fourth-order valence-electron chi connectivity index (χ4n) is 3.24. The molecule has 3 aromatic carbocycles. The Morgan fingerprint density at radius 2 is 1.54 bits per heavy atom. The molecule has 1 radical (unpaired) electrons. The zero-order chi connectivity index (χ0) is 23.6. The molecule has 0 saturated heterocycles. The Hall–Kier alpha value is -4.41. The molecule has 169 valence electrons. The third kappa shape index (κ3) is 6.56. The summed E-state index contributed by atoms with van der Waals surface area (Å²) in [7, 11) is 0. The molecule has 4 nitrogen and oxygen atoms in total. The summed E-state index contributed by atoms with van der Waals surface area (Å²) in [5.41, 5.74) is 6.25. The van der Waals surface area contributed by atoms with Crippen molar-refractivity contribution in [3.8, 4) is 39.7 Å². The minimum atomic E-state index is 0. The molecule has 5 heteroatoms. The van der Waals surface area contributed by atoms with Crippen LogP contribution >= 0.6 is 0 Å². The zero-order valence-corrected chi connectivity index (χ0v) is 20.9. The monoisotopic (exact) mass is 627 g/mol.